The van der Waals surface area contributed by atoms with Crippen LogP contribution in [0, 0.1) is 0 Å². The third-order valence-electron chi connectivity index (χ3n) is 0.562. The zero-order valence-corrected chi connectivity index (χ0v) is 5.12. The molecule has 0 rings (SSSR count). The predicted octanol–water partition coefficient (Wildman–Crippen LogP) is -1.01. The van der Waals surface area contributed by atoms with E-state index in [1.807, 2.05) is 0 Å². The molecule has 0 heterocycles. The average Bonchev–Trinajstić information content (AvgIpc) is 1.59. The Labute approximate surface area is 76.1 Å². The SMILES string of the molecule is NS(=O)(=O)CCCF.[NaH]. The van der Waals surface area contributed by atoms with Crippen LogP contribution >= 0.6 is 0 Å². The molecule has 0 atom stereocenters. The zero-order chi connectivity index (χ0) is 6.62. The standard InChI is InChI=1S/C3H8FNO2S.Na.H/c4-2-1-3-8(5,6)7;;/h1-3H2,(H2,5,6,7);;. The van der Waals surface area contributed by atoms with Gasteiger partial charge >= 0.3 is 29.6 Å². The molecule has 6 heteroatoms. The molecule has 0 amide bonds. The quantitative estimate of drug-likeness (QED) is 0.544. The maximum absolute atomic E-state index is 11.2. The molecule has 0 saturated heterocycles. The Kier molecular flexibility index (Phi) is 7.80. The molecule has 0 fully saturated rings. The molecule has 0 aromatic carbocycles. The molecule has 0 radical (unpaired) electrons. The van der Waals surface area contributed by atoms with Gasteiger partial charge in [-0.1, -0.05) is 0 Å². The second kappa shape index (κ2) is 5.61. The maximum atomic E-state index is 11.2. The first kappa shape index (κ1) is 12.5. The zero-order valence-electron chi connectivity index (χ0n) is 4.30. The van der Waals surface area contributed by atoms with E-state index in [4.69, 9.17) is 0 Å². The Bertz CT molecular complexity index is 146. The summed E-state index contributed by atoms with van der Waals surface area (Å²) in [5.74, 6) is -0.260. The molecule has 2 N–H and O–H groups in total. The van der Waals surface area contributed by atoms with E-state index in [1.165, 1.54) is 0 Å². The van der Waals surface area contributed by atoms with Gasteiger partial charge in [0.15, 0.2) is 0 Å². The monoisotopic (exact) mass is 165 g/mol. The van der Waals surface area contributed by atoms with E-state index in [-0.39, 0.29) is 41.7 Å². The number of sulfonamides is 1. The Hall–Kier alpha value is 0.840. The topological polar surface area (TPSA) is 60.2 Å². The van der Waals surface area contributed by atoms with Gasteiger partial charge in [0, 0.05) is 0 Å². The van der Waals surface area contributed by atoms with Crippen molar-refractivity contribution in [2.24, 2.45) is 5.14 Å². The van der Waals surface area contributed by atoms with E-state index in [1.54, 1.807) is 0 Å². The Morgan fingerprint density at radius 2 is 1.89 bits per heavy atom. The van der Waals surface area contributed by atoms with Crippen LogP contribution < -0.4 is 5.14 Å². The minimum atomic E-state index is -3.43. The molecule has 3 nitrogen and oxygen atoms in total. The fourth-order valence-electron chi connectivity index (χ4n) is 0.256. The van der Waals surface area contributed by atoms with E-state index in [9.17, 15) is 12.8 Å². The Balaban J connectivity index is 0. The first-order valence-corrected chi connectivity index (χ1v) is 3.84. The number of nitrogens with two attached hydrogens (primary N) is 1. The summed E-state index contributed by atoms with van der Waals surface area (Å²) in [6.45, 7) is -0.629. The second-order valence-electron chi connectivity index (χ2n) is 1.41. The van der Waals surface area contributed by atoms with Gasteiger partial charge in [0.25, 0.3) is 0 Å². The van der Waals surface area contributed by atoms with Crippen LogP contribution in [0.25, 0.3) is 0 Å². The van der Waals surface area contributed by atoms with Gasteiger partial charge in [0.05, 0.1) is 12.4 Å². The summed E-state index contributed by atoms with van der Waals surface area (Å²) in [5, 5.41) is 4.53. The summed E-state index contributed by atoms with van der Waals surface area (Å²) in [4.78, 5) is 0. The van der Waals surface area contributed by atoms with Crippen molar-refractivity contribution in [1.29, 1.82) is 0 Å². The van der Waals surface area contributed by atoms with E-state index in [0.717, 1.165) is 0 Å². The van der Waals surface area contributed by atoms with Gasteiger partial charge in [0.1, 0.15) is 0 Å². The summed E-state index contributed by atoms with van der Waals surface area (Å²) in [7, 11) is -3.43. The number of alkyl halides is 1. The van der Waals surface area contributed by atoms with Crippen molar-refractivity contribution in [3.8, 4) is 0 Å². The molecule has 0 unspecified atom stereocenters. The van der Waals surface area contributed by atoms with E-state index in [2.05, 4.69) is 5.14 Å². The van der Waals surface area contributed by atoms with Gasteiger partial charge in [-0.15, -0.1) is 0 Å². The van der Waals surface area contributed by atoms with Crippen LogP contribution in [0.4, 0.5) is 4.39 Å². The molecule has 0 saturated carbocycles. The van der Waals surface area contributed by atoms with Crippen molar-refractivity contribution in [2.75, 3.05) is 12.4 Å². The van der Waals surface area contributed by atoms with Gasteiger partial charge in [-0.2, -0.15) is 0 Å². The van der Waals surface area contributed by atoms with Gasteiger partial charge in [0.2, 0.25) is 10.0 Å². The summed E-state index contributed by atoms with van der Waals surface area (Å²) in [6, 6.07) is 0. The number of hydrogen-bond donors (Lipinski definition) is 1. The van der Waals surface area contributed by atoms with E-state index in [0.29, 0.717) is 0 Å². The van der Waals surface area contributed by atoms with Crippen LogP contribution in [0.2, 0.25) is 0 Å². The van der Waals surface area contributed by atoms with Gasteiger partial charge in [-0.3, -0.25) is 4.39 Å². The first-order chi connectivity index (χ1) is 3.56. The van der Waals surface area contributed by atoms with Crippen molar-refractivity contribution in [2.45, 2.75) is 6.42 Å². The van der Waals surface area contributed by atoms with Crippen LogP contribution in [-0.4, -0.2) is 50.4 Å². The molecule has 0 bridgehead atoms. The van der Waals surface area contributed by atoms with Gasteiger partial charge in [-0.25, -0.2) is 13.6 Å². The van der Waals surface area contributed by atoms with Crippen LogP contribution in [-0.2, 0) is 10.0 Å². The summed E-state index contributed by atoms with van der Waals surface area (Å²) in [6.07, 6.45) is -0.00116. The fraction of sp³-hybridized carbons (Fsp3) is 1.00. The van der Waals surface area contributed by atoms with Gasteiger partial charge in [-0.05, 0) is 6.42 Å². The molecule has 52 valence electrons. The number of rotatable bonds is 3. The van der Waals surface area contributed by atoms with Crippen molar-refractivity contribution in [1.82, 2.24) is 0 Å². The molecular formula is C3H9FNNaO2S. The van der Waals surface area contributed by atoms with Crippen molar-refractivity contribution in [3.63, 3.8) is 0 Å². The minimum absolute atomic E-state index is 0. The van der Waals surface area contributed by atoms with Crippen molar-refractivity contribution < 1.29 is 12.8 Å². The molecular weight excluding hydrogens is 156 g/mol. The second-order valence-corrected chi connectivity index (χ2v) is 3.14. The molecule has 0 aromatic heterocycles. The molecule has 0 aliphatic heterocycles. The third-order valence-corrected chi connectivity index (χ3v) is 1.42. The summed E-state index contributed by atoms with van der Waals surface area (Å²) in [5.41, 5.74) is 0. The molecule has 0 spiro atoms. The van der Waals surface area contributed by atoms with E-state index >= 15 is 0 Å². The average molecular weight is 165 g/mol. The summed E-state index contributed by atoms with van der Waals surface area (Å²) < 4.78 is 31.2. The number of halogens is 1. The molecule has 0 aliphatic rings. The van der Waals surface area contributed by atoms with Crippen LogP contribution in [0.1, 0.15) is 6.42 Å². The van der Waals surface area contributed by atoms with Gasteiger partial charge < -0.3 is 0 Å². The fourth-order valence-corrected chi connectivity index (χ4v) is 0.767. The molecule has 0 aromatic rings. The van der Waals surface area contributed by atoms with Crippen molar-refractivity contribution >= 4 is 39.6 Å². The van der Waals surface area contributed by atoms with Crippen LogP contribution in [0.15, 0.2) is 0 Å². The van der Waals surface area contributed by atoms with Crippen molar-refractivity contribution in [3.05, 3.63) is 0 Å². The molecule has 0 aliphatic carbocycles. The number of primary sulfonamides is 1. The predicted molar refractivity (Wildman–Crippen MR) is 35.7 cm³/mol. The Morgan fingerprint density at radius 1 is 1.44 bits per heavy atom. The summed E-state index contributed by atoms with van der Waals surface area (Å²) >= 11 is 0. The normalized spacial score (nSPS) is 10.4. The first-order valence-electron chi connectivity index (χ1n) is 2.12. The Morgan fingerprint density at radius 3 is 2.00 bits per heavy atom. The molecule has 9 heavy (non-hydrogen) atoms. The van der Waals surface area contributed by atoms with E-state index < -0.39 is 16.7 Å². The number of hydrogen-bond acceptors (Lipinski definition) is 2. The van der Waals surface area contributed by atoms with Crippen LogP contribution in [0.5, 0.6) is 0 Å². The third kappa shape index (κ3) is 12.1. The van der Waals surface area contributed by atoms with Crippen LogP contribution in [0.3, 0.4) is 0 Å².